The molecular weight excluding hydrogens is 508 g/mol. The molecule has 1 aromatic heterocycles. The average molecular weight is 537 g/mol. The normalized spacial score (nSPS) is 11.1. The maximum atomic E-state index is 12.3. The van der Waals surface area contributed by atoms with Crippen LogP contribution in [0, 0.1) is 0 Å². The van der Waals surface area contributed by atoms with Crippen LogP contribution in [-0.4, -0.2) is 22.2 Å². The first kappa shape index (κ1) is 26.7. The zero-order chi connectivity index (χ0) is 28.2. The van der Waals surface area contributed by atoms with Gasteiger partial charge in [-0.05, 0) is 58.1 Å². The van der Waals surface area contributed by atoms with Crippen LogP contribution in [-0.2, 0) is 30.9 Å². The number of benzene rings is 4. The van der Waals surface area contributed by atoms with Crippen LogP contribution < -0.4 is 16.2 Å². The molecule has 8 heteroatoms. The Bertz CT molecular complexity index is 1720. The van der Waals surface area contributed by atoms with E-state index in [-0.39, 0.29) is 18.8 Å². The topological polar surface area (TPSA) is 149 Å². The molecule has 4 aromatic carbocycles. The largest absolute Gasteiger partial charge is 0.488 e. The quantitative estimate of drug-likeness (QED) is 0.180. The van der Waals surface area contributed by atoms with Crippen LogP contribution in [0.15, 0.2) is 89.3 Å². The van der Waals surface area contributed by atoms with Crippen molar-refractivity contribution < 1.29 is 29.0 Å². The van der Waals surface area contributed by atoms with Gasteiger partial charge in [-0.2, -0.15) is 0 Å². The van der Waals surface area contributed by atoms with Gasteiger partial charge in [0.15, 0.2) is 0 Å². The summed E-state index contributed by atoms with van der Waals surface area (Å²) in [5.74, 6) is -2.11. The fraction of sp³-hybridized carbons (Fsp3) is 0.125. The Balaban J connectivity index is 1.70. The van der Waals surface area contributed by atoms with Gasteiger partial charge in [-0.1, -0.05) is 54.6 Å². The molecule has 5 aromatic rings. The smallest absolute Gasteiger partial charge is 0.372 e. The molecule has 8 nitrogen and oxygen atoms in total. The molecule has 0 aliphatic carbocycles. The third-order valence-corrected chi connectivity index (χ3v) is 6.74. The monoisotopic (exact) mass is 536 g/mol. The van der Waals surface area contributed by atoms with Gasteiger partial charge in [-0.25, -0.2) is 4.79 Å². The Morgan fingerprint density at radius 1 is 0.775 bits per heavy atom. The summed E-state index contributed by atoms with van der Waals surface area (Å²) < 4.78 is 12.0. The second kappa shape index (κ2) is 11.4. The van der Waals surface area contributed by atoms with Crippen LogP contribution in [0.3, 0.4) is 0 Å². The molecule has 0 amide bonds. The van der Waals surface area contributed by atoms with Gasteiger partial charge in [0.05, 0.1) is 12.0 Å². The number of aromatic carboxylic acids is 1. The van der Waals surface area contributed by atoms with E-state index >= 15 is 0 Å². The predicted octanol–water partition coefficient (Wildman–Crippen LogP) is 5.59. The lowest BCUT2D eigenvalue weighted by molar-refractivity contribution is -0.136. The van der Waals surface area contributed by atoms with Crippen molar-refractivity contribution in [2.45, 2.75) is 26.1 Å². The molecular formula is C32H28N2O6. The molecule has 0 spiro atoms. The molecule has 0 aliphatic heterocycles. The van der Waals surface area contributed by atoms with Gasteiger partial charge < -0.3 is 30.8 Å². The second-order valence-electron chi connectivity index (χ2n) is 9.39. The molecule has 0 atom stereocenters. The van der Waals surface area contributed by atoms with Crippen LogP contribution in [0.5, 0.6) is 5.75 Å². The van der Waals surface area contributed by atoms with Crippen molar-refractivity contribution in [3.05, 3.63) is 113 Å². The van der Waals surface area contributed by atoms with Crippen molar-refractivity contribution in [2.75, 3.05) is 0 Å². The highest BCUT2D eigenvalue weighted by molar-refractivity contribution is 6.03. The first-order valence-corrected chi connectivity index (χ1v) is 12.7. The minimum atomic E-state index is -1.23. The zero-order valence-electron chi connectivity index (χ0n) is 21.6. The van der Waals surface area contributed by atoms with Crippen molar-refractivity contribution in [1.82, 2.24) is 0 Å². The Hall–Kier alpha value is -4.92. The van der Waals surface area contributed by atoms with E-state index in [9.17, 15) is 19.8 Å². The van der Waals surface area contributed by atoms with Gasteiger partial charge in [0.25, 0.3) is 0 Å². The summed E-state index contributed by atoms with van der Waals surface area (Å²) in [7, 11) is 0. The van der Waals surface area contributed by atoms with E-state index in [2.05, 4.69) is 0 Å². The van der Waals surface area contributed by atoms with E-state index < -0.39 is 11.9 Å². The summed E-state index contributed by atoms with van der Waals surface area (Å²) in [6.07, 6.45) is -0.225. The first-order chi connectivity index (χ1) is 19.4. The van der Waals surface area contributed by atoms with E-state index in [4.69, 9.17) is 20.6 Å². The number of hydrogen-bond acceptors (Lipinski definition) is 6. The molecule has 40 heavy (non-hydrogen) atoms. The molecule has 0 saturated heterocycles. The third-order valence-electron chi connectivity index (χ3n) is 6.74. The van der Waals surface area contributed by atoms with E-state index in [0.29, 0.717) is 46.5 Å². The number of hydrogen-bond donors (Lipinski definition) is 4. The minimum Gasteiger partial charge on any atom is -0.488 e. The summed E-state index contributed by atoms with van der Waals surface area (Å²) in [4.78, 5) is 23.7. The molecule has 0 saturated carbocycles. The van der Waals surface area contributed by atoms with Crippen molar-refractivity contribution in [2.24, 2.45) is 11.5 Å². The fourth-order valence-electron chi connectivity index (χ4n) is 4.79. The van der Waals surface area contributed by atoms with Gasteiger partial charge in [-0.3, -0.25) is 4.79 Å². The van der Waals surface area contributed by atoms with Gasteiger partial charge in [0.2, 0.25) is 5.76 Å². The molecule has 0 unspecified atom stereocenters. The second-order valence-corrected chi connectivity index (χ2v) is 9.39. The SMILES string of the molecule is NCc1cccc(-c2cc(-c3cccc(CN)c3)c3oc(C(=O)O)c(COc4ccccc4CC(=O)O)c3c2)c1. The Kier molecular flexibility index (Phi) is 7.63. The molecule has 1 heterocycles. The summed E-state index contributed by atoms with van der Waals surface area (Å²) in [5.41, 5.74) is 18.2. The maximum Gasteiger partial charge on any atom is 0.372 e. The van der Waals surface area contributed by atoms with E-state index in [1.165, 1.54) is 0 Å². The Morgan fingerprint density at radius 2 is 1.45 bits per heavy atom. The van der Waals surface area contributed by atoms with Crippen LogP contribution in [0.2, 0.25) is 0 Å². The van der Waals surface area contributed by atoms with Crippen LogP contribution in [0.4, 0.5) is 0 Å². The highest BCUT2D eigenvalue weighted by atomic mass is 16.5. The molecule has 0 radical (unpaired) electrons. The van der Waals surface area contributed by atoms with E-state index in [1.54, 1.807) is 24.3 Å². The standard InChI is InChI=1S/C32H28N2O6/c33-16-19-5-3-8-21(11-19)24-13-25(22-9-4-6-20(12-22)17-34)30-26(14-24)27(31(40-30)32(37)38)18-39-28-10-2-1-7-23(28)15-29(35)36/h1-14H,15-18,33-34H2,(H,35,36)(H,37,38). The lowest BCUT2D eigenvalue weighted by Gasteiger charge is -2.12. The first-order valence-electron chi connectivity index (χ1n) is 12.7. The van der Waals surface area contributed by atoms with Gasteiger partial charge >= 0.3 is 11.9 Å². The molecule has 0 fully saturated rings. The fourth-order valence-corrected chi connectivity index (χ4v) is 4.79. The Labute approximate surface area is 230 Å². The number of aliphatic carboxylic acids is 1. The van der Waals surface area contributed by atoms with Crippen molar-refractivity contribution in [3.8, 4) is 28.0 Å². The molecule has 0 aliphatic rings. The van der Waals surface area contributed by atoms with Gasteiger partial charge in [0.1, 0.15) is 17.9 Å². The molecule has 0 bridgehead atoms. The summed E-state index contributed by atoms with van der Waals surface area (Å²) in [6.45, 7) is 0.591. The highest BCUT2D eigenvalue weighted by Crippen LogP contribution is 2.39. The lowest BCUT2D eigenvalue weighted by atomic mass is 9.94. The van der Waals surface area contributed by atoms with Crippen LogP contribution in [0.1, 0.15) is 32.8 Å². The Morgan fingerprint density at radius 3 is 2.12 bits per heavy atom. The number of ether oxygens (including phenoxy) is 1. The minimum absolute atomic E-state index is 0.139. The van der Waals surface area contributed by atoms with Crippen LogP contribution >= 0.6 is 0 Å². The summed E-state index contributed by atoms with van der Waals surface area (Å²) in [6, 6.07) is 26.2. The number of para-hydroxylation sites is 1. The average Bonchev–Trinajstić information content (AvgIpc) is 3.35. The number of carboxylic acid groups (broad SMARTS) is 2. The molecule has 202 valence electrons. The van der Waals surface area contributed by atoms with Gasteiger partial charge in [-0.15, -0.1) is 0 Å². The summed E-state index contributed by atoms with van der Waals surface area (Å²) >= 11 is 0. The lowest BCUT2D eigenvalue weighted by Crippen LogP contribution is -2.06. The predicted molar refractivity (Wildman–Crippen MR) is 152 cm³/mol. The number of nitrogens with two attached hydrogens (primary N) is 2. The number of rotatable bonds is 10. The van der Waals surface area contributed by atoms with Crippen molar-refractivity contribution >= 4 is 22.9 Å². The van der Waals surface area contributed by atoms with Crippen molar-refractivity contribution in [3.63, 3.8) is 0 Å². The van der Waals surface area contributed by atoms with Gasteiger partial charge in [0, 0.05) is 29.6 Å². The van der Waals surface area contributed by atoms with Crippen LogP contribution in [0.25, 0.3) is 33.2 Å². The van der Waals surface area contributed by atoms with Crippen molar-refractivity contribution in [1.29, 1.82) is 0 Å². The van der Waals surface area contributed by atoms with E-state index in [0.717, 1.165) is 27.8 Å². The molecule has 6 N–H and O–H groups in total. The number of furan rings is 1. The number of carbonyl (C=O) groups is 2. The third kappa shape index (κ3) is 5.44. The zero-order valence-corrected chi connectivity index (χ0v) is 21.6. The maximum absolute atomic E-state index is 12.3. The van der Waals surface area contributed by atoms with E-state index in [1.807, 2.05) is 60.7 Å². The summed E-state index contributed by atoms with van der Waals surface area (Å²) in [5, 5.41) is 19.9. The highest BCUT2D eigenvalue weighted by Gasteiger charge is 2.24. The number of carboxylic acids is 2. The molecule has 5 rings (SSSR count). The number of fused-ring (bicyclic) bond motifs is 1.